The van der Waals surface area contributed by atoms with Crippen molar-refractivity contribution >= 4 is 16.8 Å². The van der Waals surface area contributed by atoms with E-state index < -0.39 is 6.10 Å². The van der Waals surface area contributed by atoms with E-state index in [0.29, 0.717) is 42.6 Å². The van der Waals surface area contributed by atoms with Gasteiger partial charge in [-0.25, -0.2) is 0 Å². The number of hydrogen-bond donors (Lipinski definition) is 2. The van der Waals surface area contributed by atoms with Crippen LogP contribution >= 0.6 is 0 Å². The summed E-state index contributed by atoms with van der Waals surface area (Å²) in [4.78, 5) is 19.4. The second-order valence-corrected chi connectivity index (χ2v) is 8.71. The van der Waals surface area contributed by atoms with Gasteiger partial charge in [-0.3, -0.25) is 9.78 Å². The molecule has 0 bridgehead atoms. The van der Waals surface area contributed by atoms with Gasteiger partial charge in [-0.05, 0) is 48.7 Å². The molecule has 1 atom stereocenters. The minimum atomic E-state index is -0.638. The fourth-order valence-electron chi connectivity index (χ4n) is 4.61. The van der Waals surface area contributed by atoms with Crippen LogP contribution in [0.25, 0.3) is 10.9 Å². The van der Waals surface area contributed by atoms with Gasteiger partial charge in [0.15, 0.2) is 11.5 Å². The zero-order chi connectivity index (χ0) is 23.5. The summed E-state index contributed by atoms with van der Waals surface area (Å²) in [5.74, 6) is 1.86. The first-order chi connectivity index (χ1) is 16.6. The summed E-state index contributed by atoms with van der Waals surface area (Å²) in [6.07, 6.45) is 2.70. The van der Waals surface area contributed by atoms with E-state index in [1.807, 2.05) is 24.3 Å². The molecule has 5 rings (SSSR count). The molecule has 1 saturated heterocycles. The number of rotatable bonds is 6. The highest BCUT2D eigenvalue weighted by atomic mass is 16.6. The smallest absolute Gasteiger partial charge is 0.251 e. The van der Waals surface area contributed by atoms with Crippen molar-refractivity contribution in [2.24, 2.45) is 0 Å². The van der Waals surface area contributed by atoms with E-state index in [4.69, 9.17) is 14.2 Å². The molecule has 2 N–H and O–H groups in total. The number of carbonyl (C=O) groups is 1. The van der Waals surface area contributed by atoms with E-state index in [2.05, 4.69) is 15.2 Å². The number of likely N-dealkylation sites (tertiary alicyclic amines) is 1. The molecule has 2 aliphatic heterocycles. The number of aliphatic hydroxyl groups is 1. The number of pyridine rings is 1. The van der Waals surface area contributed by atoms with Crippen molar-refractivity contribution in [3.05, 3.63) is 59.8 Å². The summed E-state index contributed by atoms with van der Waals surface area (Å²) in [5.41, 5.74) is 2.25. The number of ether oxygens (including phenoxy) is 3. The minimum absolute atomic E-state index is 0.0973. The molecule has 2 aliphatic rings. The topological polar surface area (TPSA) is 93.2 Å². The first kappa shape index (κ1) is 22.4. The maximum Gasteiger partial charge on any atom is 0.251 e. The monoisotopic (exact) mass is 463 g/mol. The minimum Gasteiger partial charge on any atom is -0.495 e. The molecule has 0 radical (unpaired) electrons. The van der Waals surface area contributed by atoms with Crippen molar-refractivity contribution in [2.45, 2.75) is 25.0 Å². The molecule has 178 valence electrons. The Hall–Kier alpha value is -3.36. The van der Waals surface area contributed by atoms with Crippen LogP contribution < -0.4 is 19.5 Å². The van der Waals surface area contributed by atoms with E-state index in [1.54, 1.807) is 31.5 Å². The second-order valence-electron chi connectivity index (χ2n) is 8.71. The van der Waals surface area contributed by atoms with Gasteiger partial charge >= 0.3 is 0 Å². The van der Waals surface area contributed by atoms with Crippen LogP contribution in [-0.2, 0) is 0 Å². The number of methoxy groups -OCH3 is 1. The number of aromatic nitrogens is 1. The molecule has 34 heavy (non-hydrogen) atoms. The number of carbonyl (C=O) groups excluding carboxylic acids is 1. The summed E-state index contributed by atoms with van der Waals surface area (Å²) in [6, 6.07) is 13.1. The molecule has 8 nitrogen and oxygen atoms in total. The molecule has 0 spiro atoms. The van der Waals surface area contributed by atoms with E-state index in [1.165, 1.54) is 0 Å². The number of amides is 1. The zero-order valence-corrected chi connectivity index (χ0v) is 19.2. The number of aliphatic hydroxyl groups excluding tert-OH is 1. The second kappa shape index (κ2) is 9.87. The highest BCUT2D eigenvalue weighted by Crippen LogP contribution is 2.31. The van der Waals surface area contributed by atoms with Crippen LogP contribution in [0.1, 0.15) is 34.9 Å². The predicted octanol–water partition coefficient (Wildman–Crippen LogP) is 2.94. The Labute approximate surface area is 198 Å². The third kappa shape index (κ3) is 4.78. The number of nitrogens with zero attached hydrogens (tertiary/aromatic N) is 2. The Bertz CT molecular complexity index is 1180. The van der Waals surface area contributed by atoms with Gasteiger partial charge in [0.25, 0.3) is 5.91 Å². The van der Waals surface area contributed by atoms with Gasteiger partial charge in [0.2, 0.25) is 0 Å². The fourth-order valence-corrected chi connectivity index (χ4v) is 4.61. The number of hydrogen-bond acceptors (Lipinski definition) is 7. The Morgan fingerprint density at radius 1 is 1.18 bits per heavy atom. The van der Waals surface area contributed by atoms with E-state index >= 15 is 0 Å². The quantitative estimate of drug-likeness (QED) is 0.581. The van der Waals surface area contributed by atoms with Crippen LogP contribution in [0.15, 0.2) is 48.7 Å². The number of β-amino-alcohol motifs (C(OH)–C–C–N with tert-alkyl or cyclic N) is 1. The first-order valence-electron chi connectivity index (χ1n) is 11.6. The van der Waals surface area contributed by atoms with Crippen molar-refractivity contribution < 1.29 is 24.1 Å². The molecule has 2 aromatic carbocycles. The normalized spacial score (nSPS) is 17.4. The molecule has 1 aromatic heterocycles. The zero-order valence-electron chi connectivity index (χ0n) is 19.2. The van der Waals surface area contributed by atoms with Crippen molar-refractivity contribution in [1.82, 2.24) is 15.2 Å². The van der Waals surface area contributed by atoms with Crippen LogP contribution in [0.4, 0.5) is 0 Å². The molecule has 0 saturated carbocycles. The van der Waals surface area contributed by atoms with E-state index in [-0.39, 0.29) is 11.9 Å². The van der Waals surface area contributed by atoms with Gasteiger partial charge in [0, 0.05) is 36.6 Å². The summed E-state index contributed by atoms with van der Waals surface area (Å²) >= 11 is 0. The van der Waals surface area contributed by atoms with Crippen molar-refractivity contribution in [2.75, 3.05) is 40.0 Å². The van der Waals surface area contributed by atoms with Gasteiger partial charge < -0.3 is 29.5 Å². The molecular weight excluding hydrogens is 434 g/mol. The number of benzene rings is 2. The van der Waals surface area contributed by atoms with Crippen LogP contribution in [0.2, 0.25) is 0 Å². The lowest BCUT2D eigenvalue weighted by atomic mass is 10.0. The van der Waals surface area contributed by atoms with Crippen molar-refractivity contribution in [1.29, 1.82) is 0 Å². The van der Waals surface area contributed by atoms with Crippen LogP contribution in [-0.4, -0.2) is 66.9 Å². The highest BCUT2D eigenvalue weighted by Gasteiger charge is 2.24. The van der Waals surface area contributed by atoms with Crippen LogP contribution in [0.3, 0.4) is 0 Å². The van der Waals surface area contributed by atoms with Crippen LogP contribution in [0, 0.1) is 0 Å². The van der Waals surface area contributed by atoms with Gasteiger partial charge in [-0.15, -0.1) is 0 Å². The maximum atomic E-state index is 12.7. The fraction of sp³-hybridized carbons (Fsp3) is 0.385. The lowest BCUT2D eigenvalue weighted by Gasteiger charge is -2.33. The molecular formula is C26H29N3O5. The van der Waals surface area contributed by atoms with Gasteiger partial charge in [-0.2, -0.15) is 0 Å². The molecule has 1 fully saturated rings. The van der Waals surface area contributed by atoms with Crippen LogP contribution in [0.5, 0.6) is 17.2 Å². The Kier molecular flexibility index (Phi) is 6.51. The van der Waals surface area contributed by atoms with Gasteiger partial charge in [-0.1, -0.05) is 12.1 Å². The standard InChI is InChI=1S/C26H29N3O5/c1-32-19-14-21-20(3-2-4-22(21)27-15-19)23(30)16-29-9-7-18(8-10-29)28-26(31)17-5-6-24-25(13-17)34-12-11-33-24/h2-6,13-15,18,23,30H,7-12,16H2,1H3,(H,28,31). The molecule has 3 aromatic rings. The summed E-state index contributed by atoms with van der Waals surface area (Å²) in [6.45, 7) is 3.15. The Morgan fingerprint density at radius 3 is 2.76 bits per heavy atom. The lowest BCUT2D eigenvalue weighted by Crippen LogP contribution is -2.45. The van der Waals surface area contributed by atoms with Crippen molar-refractivity contribution in [3.8, 4) is 17.2 Å². The lowest BCUT2D eigenvalue weighted by molar-refractivity contribution is 0.0830. The molecule has 1 unspecified atom stereocenters. The third-order valence-corrected chi connectivity index (χ3v) is 6.49. The molecule has 1 amide bonds. The van der Waals surface area contributed by atoms with E-state index in [0.717, 1.165) is 42.4 Å². The van der Waals surface area contributed by atoms with Gasteiger partial charge in [0.1, 0.15) is 19.0 Å². The summed E-state index contributed by atoms with van der Waals surface area (Å²) < 4.78 is 16.4. The van der Waals surface area contributed by atoms with Crippen molar-refractivity contribution in [3.63, 3.8) is 0 Å². The molecule has 3 heterocycles. The van der Waals surface area contributed by atoms with Gasteiger partial charge in [0.05, 0.1) is 24.9 Å². The molecule has 8 heteroatoms. The SMILES string of the molecule is COc1cnc2cccc(C(O)CN3CCC(NC(=O)c4ccc5c(c4)OCCO5)CC3)c2c1. The summed E-state index contributed by atoms with van der Waals surface area (Å²) in [7, 11) is 1.61. The number of piperidine rings is 1. The Balaban J connectivity index is 1.17. The Morgan fingerprint density at radius 2 is 1.97 bits per heavy atom. The molecule has 0 aliphatic carbocycles. The highest BCUT2D eigenvalue weighted by molar-refractivity contribution is 5.95. The largest absolute Gasteiger partial charge is 0.495 e. The number of fused-ring (bicyclic) bond motifs is 2. The van der Waals surface area contributed by atoms with E-state index in [9.17, 15) is 9.90 Å². The summed E-state index contributed by atoms with van der Waals surface area (Å²) in [5, 5.41) is 15.0. The number of nitrogens with one attached hydrogen (secondary N) is 1. The first-order valence-corrected chi connectivity index (χ1v) is 11.6. The average molecular weight is 464 g/mol. The predicted molar refractivity (Wildman–Crippen MR) is 128 cm³/mol. The third-order valence-electron chi connectivity index (χ3n) is 6.49. The average Bonchev–Trinajstić information content (AvgIpc) is 2.88. The maximum absolute atomic E-state index is 12.7.